The summed E-state index contributed by atoms with van der Waals surface area (Å²) in [5.74, 6) is 1.04. The van der Waals surface area contributed by atoms with Gasteiger partial charge in [0.1, 0.15) is 11.6 Å². The summed E-state index contributed by atoms with van der Waals surface area (Å²) < 4.78 is 15.9. The molecule has 1 heterocycles. The van der Waals surface area contributed by atoms with Crippen molar-refractivity contribution >= 4 is 34.2 Å². The van der Waals surface area contributed by atoms with E-state index in [0.29, 0.717) is 17.8 Å². The van der Waals surface area contributed by atoms with Gasteiger partial charge in [0.05, 0.1) is 16.1 Å². The summed E-state index contributed by atoms with van der Waals surface area (Å²) >= 11 is 11.9. The minimum atomic E-state index is -0.416. The maximum atomic E-state index is 13.6. The monoisotopic (exact) mass is 314 g/mol. The summed E-state index contributed by atoms with van der Waals surface area (Å²) in [5, 5.41) is 0.154. The quantitative estimate of drug-likeness (QED) is 0.734. The smallest absolute Gasteiger partial charge is 0.144 e. The Labute approximate surface area is 127 Å². The average Bonchev–Trinajstić information content (AvgIpc) is 2.69. The van der Waals surface area contributed by atoms with E-state index in [1.807, 2.05) is 0 Å². The van der Waals surface area contributed by atoms with Crippen LogP contribution in [-0.2, 0) is 12.0 Å². The zero-order chi connectivity index (χ0) is 14.3. The number of imidazole rings is 1. The Morgan fingerprint density at radius 2 is 2.15 bits per heavy atom. The van der Waals surface area contributed by atoms with Gasteiger partial charge in [-0.15, -0.1) is 11.6 Å². The predicted molar refractivity (Wildman–Crippen MR) is 81.2 cm³/mol. The van der Waals surface area contributed by atoms with E-state index in [0.717, 1.165) is 30.6 Å². The number of hydrogen-bond donors (Lipinski definition) is 0. The highest BCUT2D eigenvalue weighted by Gasteiger charge is 2.39. The molecule has 0 bridgehead atoms. The van der Waals surface area contributed by atoms with E-state index in [4.69, 9.17) is 23.2 Å². The molecule has 0 aliphatic heterocycles. The number of alkyl halides is 1. The SMILES string of the molecule is CCC1(n2c(CCCl)nc3cc(F)c(Cl)cc32)CCC1. The fraction of sp³-hybridized carbons (Fsp3) is 0.533. The highest BCUT2D eigenvalue weighted by Crippen LogP contribution is 2.45. The first-order valence-electron chi connectivity index (χ1n) is 7.04. The van der Waals surface area contributed by atoms with E-state index in [1.165, 1.54) is 12.5 Å². The van der Waals surface area contributed by atoms with Gasteiger partial charge in [-0.05, 0) is 31.7 Å². The molecular weight excluding hydrogens is 298 g/mol. The van der Waals surface area contributed by atoms with Gasteiger partial charge in [-0.1, -0.05) is 18.5 Å². The molecule has 1 saturated carbocycles. The normalized spacial score (nSPS) is 17.4. The number of hydrogen-bond acceptors (Lipinski definition) is 1. The van der Waals surface area contributed by atoms with Crippen molar-refractivity contribution in [3.8, 4) is 0 Å². The molecule has 1 aliphatic rings. The van der Waals surface area contributed by atoms with Gasteiger partial charge in [0.15, 0.2) is 0 Å². The Hall–Kier alpha value is -0.800. The van der Waals surface area contributed by atoms with Crippen molar-refractivity contribution < 1.29 is 4.39 Å². The van der Waals surface area contributed by atoms with E-state index in [1.54, 1.807) is 6.07 Å². The summed E-state index contributed by atoms with van der Waals surface area (Å²) in [6.07, 6.45) is 5.24. The molecule has 1 fully saturated rings. The average molecular weight is 315 g/mol. The maximum absolute atomic E-state index is 13.6. The molecule has 0 unspecified atom stereocenters. The fourth-order valence-corrected chi connectivity index (χ4v) is 3.55. The number of nitrogens with zero attached hydrogens (tertiary/aromatic N) is 2. The first kappa shape index (κ1) is 14.2. The Kier molecular flexibility index (Phi) is 3.67. The number of benzene rings is 1. The molecule has 3 rings (SSSR count). The van der Waals surface area contributed by atoms with E-state index < -0.39 is 5.82 Å². The van der Waals surface area contributed by atoms with E-state index in [2.05, 4.69) is 16.5 Å². The van der Waals surface area contributed by atoms with Gasteiger partial charge < -0.3 is 4.57 Å². The topological polar surface area (TPSA) is 17.8 Å². The predicted octanol–water partition coefficient (Wildman–Crippen LogP) is 4.90. The van der Waals surface area contributed by atoms with Crippen LogP contribution < -0.4 is 0 Å². The molecule has 108 valence electrons. The van der Waals surface area contributed by atoms with Crippen molar-refractivity contribution in [2.75, 3.05) is 5.88 Å². The molecule has 0 N–H and O–H groups in total. The van der Waals surface area contributed by atoms with Gasteiger partial charge in [-0.25, -0.2) is 9.37 Å². The number of aryl methyl sites for hydroxylation is 1. The second-order valence-electron chi connectivity index (χ2n) is 5.49. The Balaban J connectivity index is 2.26. The molecule has 0 spiro atoms. The third-order valence-corrected chi connectivity index (χ3v) is 4.98. The van der Waals surface area contributed by atoms with Crippen LogP contribution in [0.3, 0.4) is 0 Å². The summed E-state index contributed by atoms with van der Waals surface area (Å²) in [4.78, 5) is 4.58. The molecule has 0 atom stereocenters. The largest absolute Gasteiger partial charge is 0.322 e. The lowest BCUT2D eigenvalue weighted by atomic mass is 9.74. The first-order chi connectivity index (χ1) is 9.61. The van der Waals surface area contributed by atoms with Gasteiger partial charge in [-0.3, -0.25) is 0 Å². The molecule has 1 aromatic carbocycles. The van der Waals surface area contributed by atoms with Crippen LogP contribution in [0.2, 0.25) is 5.02 Å². The van der Waals surface area contributed by atoms with Crippen LogP contribution in [0.1, 0.15) is 38.4 Å². The maximum Gasteiger partial charge on any atom is 0.144 e. The van der Waals surface area contributed by atoms with Crippen molar-refractivity contribution in [3.63, 3.8) is 0 Å². The molecule has 20 heavy (non-hydrogen) atoms. The van der Waals surface area contributed by atoms with Crippen LogP contribution in [0.25, 0.3) is 11.0 Å². The molecule has 5 heteroatoms. The highest BCUT2D eigenvalue weighted by molar-refractivity contribution is 6.31. The highest BCUT2D eigenvalue weighted by atomic mass is 35.5. The van der Waals surface area contributed by atoms with Gasteiger partial charge in [0, 0.05) is 23.9 Å². The number of aromatic nitrogens is 2. The number of halogens is 3. The van der Waals surface area contributed by atoms with E-state index >= 15 is 0 Å². The lowest BCUT2D eigenvalue weighted by Crippen LogP contribution is -2.41. The third kappa shape index (κ3) is 2.03. The van der Waals surface area contributed by atoms with Crippen LogP contribution in [0, 0.1) is 5.82 Å². The third-order valence-electron chi connectivity index (χ3n) is 4.50. The minimum absolute atomic E-state index is 0.108. The number of rotatable bonds is 4. The van der Waals surface area contributed by atoms with Crippen molar-refractivity contribution in [1.29, 1.82) is 0 Å². The summed E-state index contributed by atoms with van der Waals surface area (Å²) in [7, 11) is 0. The van der Waals surface area contributed by atoms with Crippen molar-refractivity contribution in [2.45, 2.75) is 44.6 Å². The lowest BCUT2D eigenvalue weighted by Gasteiger charge is -2.44. The van der Waals surface area contributed by atoms with E-state index in [-0.39, 0.29) is 10.6 Å². The Morgan fingerprint density at radius 1 is 1.40 bits per heavy atom. The lowest BCUT2D eigenvalue weighted by molar-refractivity contribution is 0.137. The van der Waals surface area contributed by atoms with Crippen molar-refractivity contribution in [1.82, 2.24) is 9.55 Å². The van der Waals surface area contributed by atoms with Crippen molar-refractivity contribution in [3.05, 3.63) is 28.8 Å². The molecule has 0 saturated heterocycles. The standard InChI is InChI=1S/C15H17Cl2FN2/c1-2-15(5-3-6-15)20-13-8-10(17)11(18)9-12(13)19-14(20)4-7-16/h8-9H,2-7H2,1H3. The first-order valence-corrected chi connectivity index (χ1v) is 7.95. The molecule has 1 aliphatic carbocycles. The van der Waals surface area contributed by atoms with Gasteiger partial charge in [-0.2, -0.15) is 0 Å². The molecule has 0 amide bonds. The van der Waals surface area contributed by atoms with Crippen LogP contribution in [0.5, 0.6) is 0 Å². The zero-order valence-corrected chi connectivity index (χ0v) is 12.9. The van der Waals surface area contributed by atoms with Gasteiger partial charge in [0.25, 0.3) is 0 Å². The molecule has 0 radical (unpaired) electrons. The zero-order valence-electron chi connectivity index (χ0n) is 11.4. The fourth-order valence-electron chi connectivity index (χ4n) is 3.22. The second-order valence-corrected chi connectivity index (χ2v) is 6.27. The van der Waals surface area contributed by atoms with E-state index in [9.17, 15) is 4.39 Å². The number of fused-ring (bicyclic) bond motifs is 1. The second kappa shape index (κ2) is 5.19. The van der Waals surface area contributed by atoms with Crippen molar-refractivity contribution in [2.24, 2.45) is 0 Å². The van der Waals surface area contributed by atoms with Crippen LogP contribution in [0.15, 0.2) is 12.1 Å². The van der Waals surface area contributed by atoms with Crippen LogP contribution in [-0.4, -0.2) is 15.4 Å². The molecule has 1 aromatic heterocycles. The summed E-state index contributed by atoms with van der Waals surface area (Å²) in [5.41, 5.74) is 1.71. The summed E-state index contributed by atoms with van der Waals surface area (Å²) in [6.45, 7) is 2.20. The molecule has 2 nitrogen and oxygen atoms in total. The summed E-state index contributed by atoms with van der Waals surface area (Å²) in [6, 6.07) is 3.13. The van der Waals surface area contributed by atoms with Gasteiger partial charge in [0.2, 0.25) is 0 Å². The minimum Gasteiger partial charge on any atom is -0.322 e. The van der Waals surface area contributed by atoms with Crippen LogP contribution in [0.4, 0.5) is 4.39 Å². The van der Waals surface area contributed by atoms with Gasteiger partial charge >= 0.3 is 0 Å². The molecule has 2 aromatic rings. The Morgan fingerprint density at radius 3 is 2.70 bits per heavy atom. The molecular formula is C15H17Cl2FN2. The Bertz CT molecular complexity index is 641. The van der Waals surface area contributed by atoms with Crippen LogP contribution >= 0.6 is 23.2 Å².